The van der Waals surface area contributed by atoms with Gasteiger partial charge in [0.1, 0.15) is 0 Å². The number of alkyl halides is 6. The van der Waals surface area contributed by atoms with Crippen LogP contribution in [0.5, 0.6) is 0 Å². The van der Waals surface area contributed by atoms with Crippen molar-refractivity contribution < 1.29 is 36.2 Å². The van der Waals surface area contributed by atoms with Crippen LogP contribution < -0.4 is 11.1 Å². The summed E-state index contributed by atoms with van der Waals surface area (Å²) in [6.45, 7) is 0. The molecule has 1 aromatic carbocycles. The van der Waals surface area contributed by atoms with E-state index in [2.05, 4.69) is 0 Å². The number of aliphatic hydroxyl groups is 1. The minimum absolute atomic E-state index is 0.0912. The Bertz CT molecular complexity index is 497. The van der Waals surface area contributed by atoms with Gasteiger partial charge in [-0.25, -0.2) is 4.79 Å². The Morgan fingerprint density at radius 1 is 1.05 bits per heavy atom. The number of primary amides is 1. The lowest BCUT2D eigenvalue weighted by Crippen LogP contribution is -2.53. The number of anilines is 1. The van der Waals surface area contributed by atoms with E-state index in [4.69, 9.17) is 10.8 Å². The molecule has 0 aromatic heterocycles. The van der Waals surface area contributed by atoms with Crippen LogP contribution in [0.3, 0.4) is 0 Å². The van der Waals surface area contributed by atoms with Crippen molar-refractivity contribution in [1.82, 2.24) is 0 Å². The number of carbonyl (C=O) groups is 1. The molecule has 0 heterocycles. The summed E-state index contributed by atoms with van der Waals surface area (Å²) in [5.74, 6) is -10.9. The van der Waals surface area contributed by atoms with Gasteiger partial charge in [-0.1, -0.05) is 12.1 Å². The molecule has 112 valence electrons. The van der Waals surface area contributed by atoms with Crippen molar-refractivity contribution >= 4 is 11.7 Å². The molecule has 1 atom stereocenters. The highest BCUT2D eigenvalue weighted by atomic mass is 19.4. The summed E-state index contributed by atoms with van der Waals surface area (Å²) >= 11 is 0. The molecular formula is C10H8F6N2O2. The maximum Gasteiger partial charge on any atom is 0.455 e. The number of urea groups is 1. The van der Waals surface area contributed by atoms with Gasteiger partial charge >= 0.3 is 24.0 Å². The van der Waals surface area contributed by atoms with Gasteiger partial charge in [0, 0.05) is 11.3 Å². The van der Waals surface area contributed by atoms with Crippen LogP contribution in [0, 0.1) is 0 Å². The average molecular weight is 302 g/mol. The van der Waals surface area contributed by atoms with Gasteiger partial charge in [0.05, 0.1) is 0 Å². The third kappa shape index (κ3) is 2.79. The van der Waals surface area contributed by atoms with Crippen LogP contribution in [0.15, 0.2) is 24.3 Å². The molecule has 1 unspecified atom stereocenters. The van der Waals surface area contributed by atoms with Gasteiger partial charge in [0.25, 0.3) is 0 Å². The van der Waals surface area contributed by atoms with Gasteiger partial charge in [-0.3, -0.25) is 0 Å². The summed E-state index contributed by atoms with van der Waals surface area (Å²) in [6, 6.07) is 1.37. The molecule has 0 fully saturated rings. The Balaban J connectivity index is 3.13. The fourth-order valence-electron chi connectivity index (χ4n) is 1.27. The zero-order valence-corrected chi connectivity index (χ0v) is 9.51. The highest BCUT2D eigenvalue weighted by molar-refractivity contribution is 5.87. The number of nitrogens with one attached hydrogen (secondary N) is 1. The minimum atomic E-state index is -6.18. The lowest BCUT2D eigenvalue weighted by atomic mass is 10.0. The molecule has 0 spiro atoms. The Morgan fingerprint density at radius 3 is 1.85 bits per heavy atom. The number of rotatable bonds is 3. The Labute approximate surface area is 108 Å². The molecule has 1 aromatic rings. The second-order valence-electron chi connectivity index (χ2n) is 3.76. The Hall–Kier alpha value is -1.97. The molecule has 0 saturated carbocycles. The van der Waals surface area contributed by atoms with E-state index in [1.807, 2.05) is 5.32 Å². The lowest BCUT2D eigenvalue weighted by molar-refractivity contribution is -0.390. The molecule has 4 nitrogen and oxygen atoms in total. The standard InChI is InChI=1S/C10H8F6N2O2/c11-8(12,9(13,20)10(14,15)16)5-1-3-6(4-2-5)18-7(17)19/h1-4,20H,(H3,17,18,19). The number of hydrogen-bond acceptors (Lipinski definition) is 2. The average Bonchev–Trinajstić information content (AvgIpc) is 2.27. The van der Waals surface area contributed by atoms with Crippen molar-refractivity contribution in [1.29, 1.82) is 0 Å². The largest absolute Gasteiger partial charge is 0.455 e. The molecule has 2 amide bonds. The first-order valence-corrected chi connectivity index (χ1v) is 4.92. The molecule has 0 aliphatic rings. The molecule has 0 aliphatic heterocycles. The summed E-state index contributed by atoms with van der Waals surface area (Å²) in [5, 5.41) is 10.4. The number of carbonyl (C=O) groups excluding carboxylic acids is 1. The first kappa shape index (κ1) is 16.1. The summed E-state index contributed by atoms with van der Waals surface area (Å²) in [5.41, 5.74) is 3.22. The molecule has 4 N–H and O–H groups in total. The van der Waals surface area contributed by atoms with Gasteiger partial charge in [-0.2, -0.15) is 26.3 Å². The van der Waals surface area contributed by atoms with Gasteiger partial charge in [0.2, 0.25) is 0 Å². The van der Waals surface area contributed by atoms with E-state index >= 15 is 0 Å². The maximum atomic E-state index is 13.4. The van der Waals surface area contributed by atoms with Crippen molar-refractivity contribution in [3.63, 3.8) is 0 Å². The van der Waals surface area contributed by atoms with Crippen LogP contribution in [0.4, 0.5) is 36.8 Å². The fraction of sp³-hybridized carbons (Fsp3) is 0.300. The van der Waals surface area contributed by atoms with Crippen LogP contribution in [-0.4, -0.2) is 23.2 Å². The van der Waals surface area contributed by atoms with E-state index in [0.717, 1.165) is 12.1 Å². The van der Waals surface area contributed by atoms with E-state index in [1.165, 1.54) is 0 Å². The van der Waals surface area contributed by atoms with Crippen molar-refractivity contribution in [3.8, 4) is 0 Å². The molecule has 0 aliphatic carbocycles. The van der Waals surface area contributed by atoms with Crippen molar-refractivity contribution in [2.45, 2.75) is 18.0 Å². The summed E-state index contributed by atoms with van der Waals surface area (Å²) in [7, 11) is 0. The maximum absolute atomic E-state index is 13.4. The third-order valence-electron chi connectivity index (χ3n) is 2.31. The van der Waals surface area contributed by atoms with E-state index < -0.39 is 29.5 Å². The van der Waals surface area contributed by atoms with Gasteiger partial charge in [-0.15, -0.1) is 0 Å². The third-order valence-corrected chi connectivity index (χ3v) is 2.31. The predicted octanol–water partition coefficient (Wildman–Crippen LogP) is 2.49. The fourth-order valence-corrected chi connectivity index (χ4v) is 1.27. The smallest absolute Gasteiger partial charge is 0.351 e. The second-order valence-corrected chi connectivity index (χ2v) is 3.76. The predicted molar refractivity (Wildman–Crippen MR) is 55.7 cm³/mol. The summed E-state index contributed by atoms with van der Waals surface area (Å²) < 4.78 is 76.0. The quantitative estimate of drug-likeness (QED) is 0.750. The monoisotopic (exact) mass is 302 g/mol. The molecule has 10 heteroatoms. The first-order chi connectivity index (χ1) is 8.89. The SMILES string of the molecule is NC(=O)Nc1ccc(C(F)(F)C(O)(F)C(F)(F)F)cc1. The van der Waals surface area contributed by atoms with E-state index in [-0.39, 0.29) is 5.69 Å². The lowest BCUT2D eigenvalue weighted by Gasteiger charge is -2.30. The van der Waals surface area contributed by atoms with Crippen LogP contribution in [-0.2, 0) is 5.92 Å². The van der Waals surface area contributed by atoms with Crippen molar-refractivity contribution in [2.24, 2.45) is 5.73 Å². The molecule has 0 bridgehead atoms. The van der Waals surface area contributed by atoms with Crippen molar-refractivity contribution in [2.75, 3.05) is 5.32 Å². The number of nitrogens with two attached hydrogens (primary N) is 1. The zero-order valence-electron chi connectivity index (χ0n) is 9.51. The number of hydrogen-bond donors (Lipinski definition) is 3. The van der Waals surface area contributed by atoms with Crippen LogP contribution in [0.1, 0.15) is 5.56 Å². The summed E-state index contributed by atoms with van der Waals surface area (Å²) in [6.07, 6.45) is -6.18. The molecule has 0 radical (unpaired) electrons. The Morgan fingerprint density at radius 2 is 1.50 bits per heavy atom. The molecular weight excluding hydrogens is 294 g/mol. The summed E-state index contributed by atoms with van der Waals surface area (Å²) in [4.78, 5) is 10.5. The van der Waals surface area contributed by atoms with E-state index in [0.29, 0.717) is 12.1 Å². The highest BCUT2D eigenvalue weighted by Gasteiger charge is 2.71. The number of benzene rings is 1. The van der Waals surface area contributed by atoms with E-state index in [1.54, 1.807) is 0 Å². The van der Waals surface area contributed by atoms with E-state index in [9.17, 15) is 31.1 Å². The van der Waals surface area contributed by atoms with Crippen molar-refractivity contribution in [3.05, 3.63) is 29.8 Å². The topological polar surface area (TPSA) is 75.4 Å². The molecule has 1 rings (SSSR count). The normalized spacial score (nSPS) is 15.6. The highest BCUT2D eigenvalue weighted by Crippen LogP contribution is 2.49. The molecule has 20 heavy (non-hydrogen) atoms. The van der Waals surface area contributed by atoms with Crippen LogP contribution in [0.25, 0.3) is 0 Å². The van der Waals surface area contributed by atoms with Gasteiger partial charge in [0.15, 0.2) is 0 Å². The first-order valence-electron chi connectivity index (χ1n) is 4.92. The number of amides is 2. The van der Waals surface area contributed by atoms with Crippen LogP contribution >= 0.6 is 0 Å². The van der Waals surface area contributed by atoms with Gasteiger partial charge in [-0.05, 0) is 12.1 Å². The zero-order chi connectivity index (χ0) is 15.8. The second kappa shape index (κ2) is 4.85. The van der Waals surface area contributed by atoms with Gasteiger partial charge < -0.3 is 16.2 Å². The minimum Gasteiger partial charge on any atom is -0.351 e. The van der Waals surface area contributed by atoms with Crippen LogP contribution in [0.2, 0.25) is 0 Å². The number of halogens is 6. The molecule has 0 saturated heterocycles. The Kier molecular flexibility index (Phi) is 3.90.